The number of aryl methyl sites for hydroxylation is 2. The molecule has 0 fully saturated rings. The average molecular weight is 389 g/mol. The Morgan fingerprint density at radius 1 is 0.963 bits per heavy atom. The van der Waals surface area contributed by atoms with Crippen LogP contribution in [-0.2, 0) is 6.18 Å². The van der Waals surface area contributed by atoms with Gasteiger partial charge in [0.15, 0.2) is 0 Å². The first kappa shape index (κ1) is 22.7. The molecule has 150 valence electrons. The molecule has 9 heteroatoms. The van der Waals surface area contributed by atoms with Crippen LogP contribution in [0.25, 0.3) is 0 Å². The molecule has 1 aromatic heterocycles. The van der Waals surface area contributed by atoms with Crippen molar-refractivity contribution in [2.24, 2.45) is 11.5 Å². The fourth-order valence-corrected chi connectivity index (χ4v) is 1.98. The van der Waals surface area contributed by atoms with Crippen LogP contribution in [0, 0.1) is 19.7 Å². The van der Waals surface area contributed by atoms with Gasteiger partial charge in [-0.25, -0.2) is 4.39 Å². The Bertz CT molecular complexity index is 724. The molecule has 0 radical (unpaired) electrons. The van der Waals surface area contributed by atoms with E-state index >= 15 is 0 Å². The summed E-state index contributed by atoms with van der Waals surface area (Å²) in [5.41, 5.74) is 11.0. The number of nitrogens with two attached hydrogens (primary N) is 2. The minimum Gasteiger partial charge on any atom is -0.492 e. The van der Waals surface area contributed by atoms with Gasteiger partial charge in [-0.2, -0.15) is 13.2 Å². The molecule has 0 atom stereocenters. The van der Waals surface area contributed by atoms with E-state index in [4.69, 9.17) is 20.9 Å². The summed E-state index contributed by atoms with van der Waals surface area (Å²) in [6, 6.07) is 6.31. The third-order valence-electron chi connectivity index (χ3n) is 3.18. The van der Waals surface area contributed by atoms with Crippen molar-refractivity contribution >= 4 is 0 Å². The van der Waals surface area contributed by atoms with Gasteiger partial charge in [0.05, 0.1) is 11.3 Å². The summed E-state index contributed by atoms with van der Waals surface area (Å²) in [6.07, 6.45) is -4.72. The van der Waals surface area contributed by atoms with Crippen molar-refractivity contribution in [3.8, 4) is 11.5 Å². The molecule has 0 bridgehead atoms. The average Bonchev–Trinajstić information content (AvgIpc) is 2.60. The minimum atomic E-state index is -4.72. The summed E-state index contributed by atoms with van der Waals surface area (Å²) in [5.74, 6) is -0.539. The molecule has 1 aromatic carbocycles. The van der Waals surface area contributed by atoms with Gasteiger partial charge in [-0.1, -0.05) is 0 Å². The highest BCUT2D eigenvalue weighted by atomic mass is 19.4. The third kappa shape index (κ3) is 7.79. The fourth-order valence-electron chi connectivity index (χ4n) is 1.98. The van der Waals surface area contributed by atoms with Crippen LogP contribution in [0.15, 0.2) is 30.3 Å². The van der Waals surface area contributed by atoms with Gasteiger partial charge in [0.25, 0.3) is 0 Å². The Hall–Kier alpha value is -2.39. The molecule has 0 aliphatic carbocycles. The second-order valence-electron chi connectivity index (χ2n) is 5.45. The predicted octanol–water partition coefficient (Wildman–Crippen LogP) is 3.22. The molecular formula is C18H23F4N3O2. The van der Waals surface area contributed by atoms with E-state index in [9.17, 15) is 17.6 Å². The quantitative estimate of drug-likeness (QED) is 0.742. The molecule has 0 aliphatic rings. The van der Waals surface area contributed by atoms with Crippen LogP contribution in [-0.4, -0.2) is 31.3 Å². The smallest absolute Gasteiger partial charge is 0.419 e. The zero-order valence-corrected chi connectivity index (χ0v) is 15.1. The van der Waals surface area contributed by atoms with Gasteiger partial charge >= 0.3 is 6.18 Å². The number of alkyl halides is 3. The maximum atomic E-state index is 12.8. The lowest BCUT2D eigenvalue weighted by Crippen LogP contribution is -2.12. The highest BCUT2D eigenvalue weighted by molar-refractivity contribution is 5.31. The molecule has 0 saturated heterocycles. The topological polar surface area (TPSA) is 83.4 Å². The Morgan fingerprint density at radius 3 is 2.15 bits per heavy atom. The number of aromatic nitrogens is 1. The lowest BCUT2D eigenvalue weighted by atomic mass is 10.2. The summed E-state index contributed by atoms with van der Waals surface area (Å²) in [7, 11) is 0. The minimum absolute atomic E-state index is 0.0471. The van der Waals surface area contributed by atoms with Gasteiger partial charge in [-0.15, -0.1) is 0 Å². The number of nitrogens with zero attached hydrogens (tertiary/aromatic N) is 1. The van der Waals surface area contributed by atoms with Crippen molar-refractivity contribution < 1.29 is 27.0 Å². The van der Waals surface area contributed by atoms with E-state index in [-0.39, 0.29) is 18.9 Å². The van der Waals surface area contributed by atoms with E-state index in [0.29, 0.717) is 25.3 Å². The van der Waals surface area contributed by atoms with Gasteiger partial charge in [-0.05, 0) is 44.2 Å². The first-order valence-corrected chi connectivity index (χ1v) is 8.15. The number of halogens is 4. The number of rotatable bonds is 6. The molecule has 0 saturated carbocycles. The van der Waals surface area contributed by atoms with Crippen LogP contribution < -0.4 is 20.9 Å². The van der Waals surface area contributed by atoms with E-state index in [1.807, 2.05) is 26.0 Å². The maximum absolute atomic E-state index is 12.8. The van der Waals surface area contributed by atoms with E-state index in [1.54, 1.807) is 0 Å². The SMILES string of the molecule is Cc1ccc(OCCN)c(C)n1.NCCOc1ccc(F)c(C(F)(F)F)c1. The van der Waals surface area contributed by atoms with Crippen LogP contribution in [0.1, 0.15) is 17.0 Å². The first-order chi connectivity index (χ1) is 12.7. The molecule has 0 spiro atoms. The zero-order chi connectivity index (χ0) is 20.4. The fraction of sp³-hybridized carbons (Fsp3) is 0.389. The lowest BCUT2D eigenvalue weighted by Gasteiger charge is -2.10. The van der Waals surface area contributed by atoms with Crippen molar-refractivity contribution in [3.05, 3.63) is 53.1 Å². The molecule has 0 unspecified atom stereocenters. The van der Waals surface area contributed by atoms with Crippen LogP contribution in [0.2, 0.25) is 0 Å². The van der Waals surface area contributed by atoms with Crippen molar-refractivity contribution in [3.63, 3.8) is 0 Å². The third-order valence-corrected chi connectivity index (χ3v) is 3.18. The molecule has 2 aromatic rings. The molecule has 0 amide bonds. The van der Waals surface area contributed by atoms with Gasteiger partial charge in [0, 0.05) is 18.8 Å². The molecule has 5 nitrogen and oxygen atoms in total. The van der Waals surface area contributed by atoms with Crippen LogP contribution in [0.3, 0.4) is 0 Å². The second-order valence-corrected chi connectivity index (χ2v) is 5.45. The number of hydrogen-bond donors (Lipinski definition) is 2. The molecular weight excluding hydrogens is 366 g/mol. The standard InChI is InChI=1S/C9H9F4NO.C9H14N2O/c10-8-2-1-6(15-4-3-14)5-7(8)9(11,12)13;1-7-3-4-9(8(2)11-7)12-6-5-10/h1-2,5H,3-4,14H2;3-4H,5-6,10H2,1-2H3. The molecule has 0 aliphatic heterocycles. The van der Waals surface area contributed by atoms with Gasteiger partial charge in [0.1, 0.15) is 30.5 Å². The number of hydrogen-bond acceptors (Lipinski definition) is 5. The monoisotopic (exact) mass is 389 g/mol. The van der Waals surface area contributed by atoms with E-state index in [2.05, 4.69) is 4.98 Å². The lowest BCUT2D eigenvalue weighted by molar-refractivity contribution is -0.140. The van der Waals surface area contributed by atoms with Crippen molar-refractivity contribution in [1.82, 2.24) is 4.98 Å². The van der Waals surface area contributed by atoms with Crippen molar-refractivity contribution in [2.45, 2.75) is 20.0 Å². The first-order valence-electron chi connectivity index (χ1n) is 8.15. The maximum Gasteiger partial charge on any atom is 0.419 e. The van der Waals surface area contributed by atoms with Crippen LogP contribution in [0.5, 0.6) is 11.5 Å². The Balaban J connectivity index is 0.000000277. The van der Waals surface area contributed by atoms with Gasteiger partial charge in [0.2, 0.25) is 0 Å². The van der Waals surface area contributed by atoms with Crippen LogP contribution >= 0.6 is 0 Å². The highest BCUT2D eigenvalue weighted by Gasteiger charge is 2.34. The Kier molecular flexibility index (Phi) is 8.96. The van der Waals surface area contributed by atoms with E-state index in [1.165, 1.54) is 0 Å². The Labute approximate surface area is 155 Å². The van der Waals surface area contributed by atoms with Crippen molar-refractivity contribution in [2.75, 3.05) is 26.3 Å². The normalized spacial score (nSPS) is 10.8. The molecule has 1 heterocycles. The van der Waals surface area contributed by atoms with Gasteiger partial charge in [-0.3, -0.25) is 4.98 Å². The summed E-state index contributed by atoms with van der Waals surface area (Å²) < 4.78 is 59.7. The molecule has 2 rings (SSSR count). The van der Waals surface area contributed by atoms with E-state index in [0.717, 1.165) is 23.2 Å². The number of pyridine rings is 1. The summed E-state index contributed by atoms with van der Waals surface area (Å²) >= 11 is 0. The molecule has 27 heavy (non-hydrogen) atoms. The van der Waals surface area contributed by atoms with E-state index < -0.39 is 17.6 Å². The highest BCUT2D eigenvalue weighted by Crippen LogP contribution is 2.33. The summed E-state index contributed by atoms with van der Waals surface area (Å²) in [5, 5.41) is 0. The Morgan fingerprint density at radius 2 is 1.59 bits per heavy atom. The second kappa shape index (κ2) is 10.7. The predicted molar refractivity (Wildman–Crippen MR) is 94.2 cm³/mol. The number of ether oxygens (including phenoxy) is 2. The molecule has 4 N–H and O–H groups in total. The van der Waals surface area contributed by atoms with Gasteiger partial charge < -0.3 is 20.9 Å². The zero-order valence-electron chi connectivity index (χ0n) is 15.1. The largest absolute Gasteiger partial charge is 0.492 e. The summed E-state index contributed by atoms with van der Waals surface area (Å²) in [4.78, 5) is 4.26. The van der Waals surface area contributed by atoms with Crippen molar-refractivity contribution in [1.29, 1.82) is 0 Å². The van der Waals surface area contributed by atoms with Crippen LogP contribution in [0.4, 0.5) is 17.6 Å². The summed E-state index contributed by atoms with van der Waals surface area (Å²) in [6.45, 7) is 5.24. The number of benzene rings is 1.